The lowest BCUT2D eigenvalue weighted by atomic mass is 10.2. The van der Waals surface area contributed by atoms with Crippen LogP contribution in [0.4, 0.5) is 0 Å². The van der Waals surface area contributed by atoms with E-state index in [-0.39, 0.29) is 0 Å². The maximum absolute atomic E-state index is 7.02. The van der Waals surface area contributed by atoms with Gasteiger partial charge in [-0.2, -0.15) is 14.7 Å². The van der Waals surface area contributed by atoms with Crippen LogP contribution in [-0.4, -0.2) is 70.9 Å². The summed E-state index contributed by atoms with van der Waals surface area (Å²) >= 11 is 19.0. The quantitative estimate of drug-likeness (QED) is 0.0127. The molecule has 0 aliphatic rings. The molecule has 85 heavy (non-hydrogen) atoms. The molecule has 0 aromatic heterocycles. The SMILES string of the molecule is CCO[Si](CCCCCP(=NP(=S)(Oc1ccc(/C=N/N(C)P(=S)(Oc2ccccc2)Oc2ccccc2)cc1)Oc1ccc(/C=N/N(C)P(=S)(Oc2ccccc2)Oc2ccccc2)cc1)(c1ccccc1)c1ccccc1)(OCC)OCC. The van der Waals surface area contributed by atoms with Gasteiger partial charge in [-0.05, 0) is 159 Å². The van der Waals surface area contributed by atoms with Crippen molar-refractivity contribution in [3.05, 3.63) is 242 Å². The number of unbranched alkanes of at least 4 members (excludes halogenated alkanes) is 2. The summed E-state index contributed by atoms with van der Waals surface area (Å²) in [6.45, 7) is -2.66. The van der Waals surface area contributed by atoms with Crippen LogP contribution in [0.5, 0.6) is 34.5 Å². The monoisotopic (exact) mass is 1290 g/mol. The number of rotatable bonds is 33. The molecule has 444 valence electrons. The van der Waals surface area contributed by atoms with Gasteiger partial charge in [0.25, 0.3) is 0 Å². The Labute approximate surface area is 517 Å². The van der Waals surface area contributed by atoms with Gasteiger partial charge in [-0.3, -0.25) is 0 Å². The first-order valence-electron chi connectivity index (χ1n) is 27.9. The van der Waals surface area contributed by atoms with Gasteiger partial charge in [0.1, 0.15) is 34.5 Å². The molecule has 0 aliphatic carbocycles. The number of para-hydroxylation sites is 4. The topological polar surface area (TPSA) is 127 Å². The fourth-order valence-corrected chi connectivity index (χ4v) is 23.3. The van der Waals surface area contributed by atoms with E-state index in [0.29, 0.717) is 66.5 Å². The summed E-state index contributed by atoms with van der Waals surface area (Å²) in [7, 11) is -2.16. The van der Waals surface area contributed by atoms with E-state index in [1.807, 2.05) is 203 Å². The Bertz CT molecular complexity index is 3260. The van der Waals surface area contributed by atoms with Gasteiger partial charge in [0, 0.05) is 82.4 Å². The molecule has 8 rings (SSSR count). The van der Waals surface area contributed by atoms with Crippen molar-refractivity contribution in [3.63, 3.8) is 0 Å². The van der Waals surface area contributed by atoms with Gasteiger partial charge in [-0.1, -0.05) is 140 Å². The first-order chi connectivity index (χ1) is 41.3. The fraction of sp³-hybridized carbons (Fsp3) is 0.206. The van der Waals surface area contributed by atoms with Crippen LogP contribution in [0, 0.1) is 0 Å². The van der Waals surface area contributed by atoms with E-state index in [0.717, 1.165) is 41.0 Å². The van der Waals surface area contributed by atoms with Crippen molar-refractivity contribution in [1.29, 1.82) is 0 Å². The van der Waals surface area contributed by atoms with E-state index < -0.39 is 35.8 Å². The number of hydrogen-bond acceptors (Lipinski definition) is 14. The maximum atomic E-state index is 7.02. The van der Waals surface area contributed by atoms with E-state index in [1.54, 1.807) is 36.1 Å². The molecule has 0 heterocycles. The molecule has 0 bridgehead atoms. The molecule has 0 amide bonds. The summed E-state index contributed by atoms with van der Waals surface area (Å²) in [5.41, 5.74) is 1.51. The average Bonchev–Trinajstić information content (AvgIpc) is 3.49. The summed E-state index contributed by atoms with van der Waals surface area (Å²) in [4.78, 5) is 0. The Morgan fingerprint density at radius 2 is 0.694 bits per heavy atom. The maximum Gasteiger partial charge on any atom is 0.500 e. The van der Waals surface area contributed by atoms with E-state index in [9.17, 15) is 0 Å². The third-order valence-corrected chi connectivity index (χ3v) is 28.9. The Morgan fingerprint density at radius 1 is 0.388 bits per heavy atom. The number of hydrogen-bond donors (Lipinski definition) is 0. The molecule has 0 unspecified atom stereocenters. The zero-order valence-corrected chi connectivity index (χ0v) is 55.2. The smallest absolute Gasteiger partial charge is 0.420 e. The molecule has 0 spiro atoms. The number of nitrogens with zero attached hydrogens (tertiary/aromatic N) is 5. The van der Waals surface area contributed by atoms with Gasteiger partial charge in [0.2, 0.25) is 0 Å². The molecule has 0 aliphatic heterocycles. The van der Waals surface area contributed by atoms with Crippen molar-refractivity contribution in [1.82, 2.24) is 9.56 Å². The van der Waals surface area contributed by atoms with Crippen molar-refractivity contribution < 1.29 is 40.4 Å². The highest BCUT2D eigenvalue weighted by molar-refractivity contribution is 8.11. The van der Waals surface area contributed by atoms with Gasteiger partial charge in [-0.15, -0.1) is 0 Å². The fourth-order valence-electron chi connectivity index (χ4n) is 8.66. The average molecular weight is 1290 g/mol. The standard InChI is InChI=1S/C63H71N5O9P4S3Si/c1-6-69-85(70-7-2,71-8-3)51-29-15-28-50-78(62-38-24-13-25-39-62,63-40-26-14-27-41-63)66-79(82,72-60-46-42-54(43-47-60)52-64-67(4)80(83,74-56-30-16-9-17-31-56)75-57-32-18-10-19-33-57)73-61-48-44-55(45-49-61)53-65-68(5)81(84,76-58-34-20-11-21-35-58)77-59-36-22-12-23-37-59/h9-14,16-27,30-49,52-53H,6-8,15,28-29,50-51H2,1-5H3/b64-52+,65-53+. The third kappa shape index (κ3) is 18.9. The third-order valence-electron chi connectivity index (χ3n) is 12.7. The van der Waals surface area contributed by atoms with Gasteiger partial charge in [0.15, 0.2) is 0 Å². The van der Waals surface area contributed by atoms with Crippen molar-refractivity contribution in [2.75, 3.05) is 40.1 Å². The minimum Gasteiger partial charge on any atom is -0.420 e. The summed E-state index contributed by atoms with van der Waals surface area (Å²) in [5.74, 6) is 3.20. The molecule has 14 nitrogen and oxygen atoms in total. The second kappa shape index (κ2) is 32.0. The second-order valence-electron chi connectivity index (χ2n) is 18.9. The van der Waals surface area contributed by atoms with Crippen LogP contribution >= 0.6 is 27.0 Å². The van der Waals surface area contributed by atoms with Crippen molar-refractivity contribution in [3.8, 4) is 34.5 Å². The molecule has 0 fully saturated rings. The molecule has 22 heteroatoms. The molecule has 0 atom stereocenters. The molecule has 0 N–H and O–H groups in total. The minimum absolute atomic E-state index is 0.462. The predicted octanol–water partition coefficient (Wildman–Crippen LogP) is 16.7. The van der Waals surface area contributed by atoms with Crippen molar-refractivity contribution >= 4 is 94.2 Å². The highest BCUT2D eigenvalue weighted by Crippen LogP contribution is 2.62. The normalized spacial score (nSPS) is 12.2. The highest BCUT2D eigenvalue weighted by Gasteiger charge is 2.40. The predicted molar refractivity (Wildman–Crippen MR) is 362 cm³/mol. The van der Waals surface area contributed by atoms with E-state index in [1.165, 1.54) is 0 Å². The van der Waals surface area contributed by atoms with Crippen LogP contribution in [0.3, 0.4) is 0 Å². The van der Waals surface area contributed by atoms with Gasteiger partial charge >= 0.3 is 28.7 Å². The minimum atomic E-state index is -3.71. The van der Waals surface area contributed by atoms with Gasteiger partial charge < -0.3 is 40.4 Å². The Hall–Kier alpha value is -6.22. The van der Waals surface area contributed by atoms with Crippen LogP contribution in [0.2, 0.25) is 6.04 Å². The molecule has 8 aromatic carbocycles. The molecule has 0 saturated heterocycles. The molecular formula is C63H71N5O9P4S3Si. The molecule has 0 saturated carbocycles. The van der Waals surface area contributed by atoms with Gasteiger partial charge in [0.05, 0.1) is 12.4 Å². The lowest BCUT2D eigenvalue weighted by molar-refractivity contribution is 0.0706. The molecular weight excluding hydrogens is 1220 g/mol. The Balaban J connectivity index is 1.13. The summed E-state index contributed by atoms with van der Waals surface area (Å²) < 4.78 is 67.2. The van der Waals surface area contributed by atoms with Crippen molar-refractivity contribution in [2.24, 2.45) is 14.7 Å². The second-order valence-corrected chi connectivity index (χ2v) is 34.5. The number of hydrazone groups is 2. The lowest BCUT2D eigenvalue weighted by Crippen LogP contribution is -2.45. The molecule has 0 radical (unpaired) electrons. The van der Waals surface area contributed by atoms with Crippen LogP contribution in [0.1, 0.15) is 51.2 Å². The molecule has 8 aromatic rings. The number of benzene rings is 8. The largest absolute Gasteiger partial charge is 0.500 e. The highest BCUT2D eigenvalue weighted by atomic mass is 32.5. The van der Waals surface area contributed by atoms with Gasteiger partial charge in [-0.25, -0.2) is 9.56 Å². The summed E-state index contributed by atoms with van der Waals surface area (Å²) in [5, 5.41) is 11.6. The first-order valence-corrected chi connectivity index (χ1v) is 39.5. The van der Waals surface area contributed by atoms with E-state index in [4.69, 9.17) is 90.6 Å². The van der Waals surface area contributed by atoms with Crippen LogP contribution in [-0.2, 0) is 48.7 Å². The summed E-state index contributed by atoms with van der Waals surface area (Å²) in [6, 6.07) is 73.8. The van der Waals surface area contributed by atoms with Crippen LogP contribution in [0.15, 0.2) is 245 Å². The van der Waals surface area contributed by atoms with Crippen molar-refractivity contribution in [2.45, 2.75) is 46.1 Å². The van der Waals surface area contributed by atoms with Crippen LogP contribution < -0.4 is 37.8 Å². The van der Waals surface area contributed by atoms with Crippen LogP contribution in [0.25, 0.3) is 0 Å². The summed E-state index contributed by atoms with van der Waals surface area (Å²) in [6.07, 6.45) is 6.61. The first kappa shape index (κ1) is 64.8. The van der Waals surface area contributed by atoms with E-state index in [2.05, 4.69) is 48.5 Å². The van der Waals surface area contributed by atoms with E-state index >= 15 is 0 Å². The Kier molecular flexibility index (Phi) is 24.4. The Morgan fingerprint density at radius 3 is 1.01 bits per heavy atom. The zero-order valence-electron chi connectivity index (χ0n) is 48.2. The zero-order chi connectivity index (χ0) is 59.9. The lowest BCUT2D eigenvalue weighted by Gasteiger charge is -2.30.